The molecule has 0 saturated heterocycles. The molecule has 9 heteroatoms. The highest BCUT2D eigenvalue weighted by molar-refractivity contribution is 7.90. The molecule has 0 fully saturated rings. The van der Waals surface area contributed by atoms with E-state index >= 15 is 0 Å². The highest BCUT2D eigenvalue weighted by Crippen LogP contribution is 2.64. The van der Waals surface area contributed by atoms with Crippen molar-refractivity contribution in [1.82, 2.24) is 4.72 Å². The van der Waals surface area contributed by atoms with Crippen LogP contribution in [0.25, 0.3) is 0 Å². The molecule has 1 rings (SSSR count). The van der Waals surface area contributed by atoms with Gasteiger partial charge in [-0.15, -0.1) is 0 Å². The molecule has 0 radical (unpaired) electrons. The lowest BCUT2D eigenvalue weighted by Gasteiger charge is -2.40. The molecule has 0 heterocycles. The van der Waals surface area contributed by atoms with Crippen LogP contribution < -0.4 is 4.72 Å². The van der Waals surface area contributed by atoms with Crippen LogP contribution in [0, 0.1) is 12.8 Å². The number of aryl methyl sites for hydroxylation is 1. The largest absolute Gasteiger partial charge is 0.342 e. The topological polar surface area (TPSA) is 90.9 Å². The molecule has 0 spiro atoms. The summed E-state index contributed by atoms with van der Waals surface area (Å²) >= 11 is 0. The van der Waals surface area contributed by atoms with Crippen LogP contribution in [0.3, 0.4) is 0 Å². The maximum atomic E-state index is 14.2. The van der Waals surface area contributed by atoms with E-state index in [1.165, 1.54) is 12.1 Å². The number of hydrogen-bond donors (Lipinski definition) is 1. The highest BCUT2D eigenvalue weighted by atomic mass is 32.2. The summed E-state index contributed by atoms with van der Waals surface area (Å²) in [5.41, 5.74) is -0.620. The Labute approximate surface area is 176 Å². The molecule has 1 unspecified atom stereocenters. The zero-order valence-corrected chi connectivity index (χ0v) is 20.3. The molecule has 1 aromatic carbocycles. The molecule has 0 aliphatic rings. The summed E-state index contributed by atoms with van der Waals surface area (Å²) < 4.78 is 60.2. The van der Waals surface area contributed by atoms with E-state index in [1.54, 1.807) is 39.8 Å². The molecule has 0 aliphatic heterocycles. The average Bonchev–Trinajstić information content (AvgIpc) is 2.61. The molecular weight excluding hydrogens is 413 g/mol. The van der Waals surface area contributed by atoms with Crippen molar-refractivity contribution in [2.45, 2.75) is 71.1 Å². The third kappa shape index (κ3) is 6.61. The standard InChI is InChI=1S/C20H36NO6PS/c1-8-25-20(7,26-9-2)28(22,27-10-3)19(15-16(4)5)21-29(23,24)18-13-11-17(6)12-14-18/h11-14,16,19,21H,8-10,15H2,1-7H3/t19-,28?/m0/s1. The average molecular weight is 450 g/mol. The van der Waals surface area contributed by atoms with Gasteiger partial charge in [-0.05, 0) is 59.1 Å². The van der Waals surface area contributed by atoms with Gasteiger partial charge >= 0.3 is 0 Å². The van der Waals surface area contributed by atoms with Crippen LogP contribution in [0.4, 0.5) is 0 Å². The minimum Gasteiger partial charge on any atom is -0.342 e. The third-order valence-electron chi connectivity index (χ3n) is 4.44. The van der Waals surface area contributed by atoms with E-state index in [4.69, 9.17) is 14.0 Å². The maximum absolute atomic E-state index is 14.2. The fourth-order valence-corrected chi connectivity index (χ4v) is 7.84. The van der Waals surface area contributed by atoms with E-state index in [-0.39, 0.29) is 30.6 Å². The van der Waals surface area contributed by atoms with E-state index in [0.717, 1.165) is 5.56 Å². The Kier molecular flexibility index (Phi) is 9.99. The molecule has 2 atom stereocenters. The van der Waals surface area contributed by atoms with E-state index in [2.05, 4.69) is 4.72 Å². The zero-order valence-electron chi connectivity index (χ0n) is 18.6. The first kappa shape index (κ1) is 26.3. The van der Waals surface area contributed by atoms with Gasteiger partial charge in [0.1, 0.15) is 5.78 Å². The van der Waals surface area contributed by atoms with Crippen molar-refractivity contribution in [3.63, 3.8) is 0 Å². The maximum Gasteiger partial charge on any atom is 0.277 e. The fraction of sp³-hybridized carbons (Fsp3) is 0.700. The Balaban J connectivity index is 3.46. The van der Waals surface area contributed by atoms with Gasteiger partial charge in [-0.2, -0.15) is 4.72 Å². The quantitative estimate of drug-likeness (QED) is 0.347. The molecule has 0 saturated carbocycles. The Morgan fingerprint density at radius 2 is 1.55 bits per heavy atom. The minimum atomic E-state index is -3.93. The van der Waals surface area contributed by atoms with Crippen molar-refractivity contribution in [3.8, 4) is 0 Å². The summed E-state index contributed by atoms with van der Waals surface area (Å²) in [5.74, 6) is -0.946. The predicted octanol–water partition coefficient (Wildman–Crippen LogP) is 4.71. The monoisotopic (exact) mass is 449 g/mol. The van der Waals surface area contributed by atoms with Gasteiger partial charge in [-0.1, -0.05) is 31.5 Å². The number of nitrogens with one attached hydrogen (secondary N) is 1. The van der Waals surface area contributed by atoms with E-state index < -0.39 is 28.7 Å². The fourth-order valence-electron chi connectivity index (χ4n) is 3.11. The lowest BCUT2D eigenvalue weighted by atomic mass is 10.1. The Hall–Kier alpha value is -0.760. The van der Waals surface area contributed by atoms with Crippen molar-refractivity contribution in [2.24, 2.45) is 5.92 Å². The predicted molar refractivity (Wildman–Crippen MR) is 116 cm³/mol. The van der Waals surface area contributed by atoms with Crippen LogP contribution in [0.1, 0.15) is 53.5 Å². The van der Waals surface area contributed by atoms with Gasteiger partial charge in [0.05, 0.1) is 11.5 Å². The molecule has 0 aromatic heterocycles. The van der Waals surface area contributed by atoms with Crippen LogP contribution in [0.15, 0.2) is 29.2 Å². The molecule has 0 aliphatic carbocycles. The van der Waals surface area contributed by atoms with Crippen molar-refractivity contribution in [3.05, 3.63) is 29.8 Å². The zero-order chi connectivity index (χ0) is 22.3. The summed E-state index contributed by atoms with van der Waals surface area (Å²) in [6.45, 7) is 13.2. The summed E-state index contributed by atoms with van der Waals surface area (Å²) in [5, 5.41) is 0. The third-order valence-corrected chi connectivity index (χ3v) is 9.29. The second kappa shape index (κ2) is 11.0. The van der Waals surface area contributed by atoms with Crippen molar-refractivity contribution in [1.29, 1.82) is 0 Å². The van der Waals surface area contributed by atoms with Gasteiger partial charge in [-0.3, -0.25) is 4.57 Å². The summed E-state index contributed by atoms with van der Waals surface area (Å²) in [4.78, 5) is 0.106. The second-order valence-electron chi connectivity index (χ2n) is 7.36. The van der Waals surface area contributed by atoms with Crippen molar-refractivity contribution in [2.75, 3.05) is 19.8 Å². The molecule has 7 nitrogen and oxygen atoms in total. The Morgan fingerprint density at radius 3 is 1.97 bits per heavy atom. The minimum absolute atomic E-state index is 0.0574. The second-order valence-corrected chi connectivity index (χ2v) is 12.0. The van der Waals surface area contributed by atoms with Gasteiger partial charge in [-0.25, -0.2) is 8.42 Å². The Bertz CT molecular complexity index is 773. The number of hydrogen-bond acceptors (Lipinski definition) is 6. The van der Waals surface area contributed by atoms with E-state index in [1.807, 2.05) is 20.8 Å². The number of sulfonamides is 1. The first-order valence-electron chi connectivity index (χ1n) is 10.1. The smallest absolute Gasteiger partial charge is 0.277 e. The normalized spacial score (nSPS) is 16.0. The van der Waals surface area contributed by atoms with E-state index in [0.29, 0.717) is 6.42 Å². The first-order valence-corrected chi connectivity index (χ1v) is 13.2. The SMILES string of the molecule is CCOC(C)(OCC)P(=O)(OCC)[C@@H](CC(C)C)NS(=O)(=O)c1ccc(C)cc1. The van der Waals surface area contributed by atoms with Gasteiger partial charge < -0.3 is 14.0 Å². The van der Waals surface area contributed by atoms with E-state index in [9.17, 15) is 13.0 Å². The van der Waals surface area contributed by atoms with Gasteiger partial charge in [0, 0.05) is 13.2 Å². The number of ether oxygens (including phenoxy) is 2. The van der Waals surface area contributed by atoms with Crippen LogP contribution in [0.2, 0.25) is 0 Å². The highest BCUT2D eigenvalue weighted by Gasteiger charge is 2.54. The summed E-state index contributed by atoms with van der Waals surface area (Å²) in [6, 6.07) is 6.50. The van der Waals surface area contributed by atoms with Gasteiger partial charge in [0.25, 0.3) is 7.37 Å². The Morgan fingerprint density at radius 1 is 1.03 bits per heavy atom. The number of rotatable bonds is 13. The van der Waals surface area contributed by atoms with Crippen LogP contribution >= 0.6 is 7.37 Å². The van der Waals surface area contributed by atoms with Crippen LogP contribution in [-0.2, 0) is 28.6 Å². The first-order chi connectivity index (χ1) is 13.5. The molecule has 168 valence electrons. The van der Waals surface area contributed by atoms with Crippen LogP contribution in [0.5, 0.6) is 0 Å². The van der Waals surface area contributed by atoms with Crippen LogP contribution in [-0.4, -0.2) is 39.5 Å². The summed E-state index contributed by atoms with van der Waals surface area (Å²) in [6.07, 6.45) is 0.304. The molecular formula is C20H36NO6PS. The molecule has 1 N–H and O–H groups in total. The van der Waals surface area contributed by atoms with Crippen molar-refractivity contribution < 1.29 is 27.0 Å². The lowest BCUT2D eigenvalue weighted by Crippen LogP contribution is -2.45. The molecule has 29 heavy (non-hydrogen) atoms. The van der Waals surface area contributed by atoms with Gasteiger partial charge in [0.2, 0.25) is 15.6 Å². The number of benzene rings is 1. The molecule has 0 bridgehead atoms. The van der Waals surface area contributed by atoms with Crippen molar-refractivity contribution >= 4 is 17.4 Å². The molecule has 0 amide bonds. The van der Waals surface area contributed by atoms with Gasteiger partial charge in [0.15, 0.2) is 0 Å². The summed E-state index contributed by atoms with van der Waals surface area (Å²) in [7, 11) is -7.73. The lowest BCUT2D eigenvalue weighted by molar-refractivity contribution is -0.168. The molecule has 1 aromatic rings.